The minimum Gasteiger partial charge on any atom is -0.342 e. The van der Waals surface area contributed by atoms with Crippen LogP contribution in [0.25, 0.3) is 0 Å². The Labute approximate surface area is 144 Å². The minimum absolute atomic E-state index is 0.0246. The van der Waals surface area contributed by atoms with E-state index in [9.17, 15) is 17.6 Å². The summed E-state index contributed by atoms with van der Waals surface area (Å²) < 4.78 is 37.6. The van der Waals surface area contributed by atoms with Gasteiger partial charge in [0.15, 0.2) is 9.84 Å². The molecule has 134 valence electrons. The summed E-state index contributed by atoms with van der Waals surface area (Å²) in [6, 6.07) is 4.87. The van der Waals surface area contributed by atoms with Crippen LogP contribution in [0.2, 0.25) is 0 Å². The molecule has 1 saturated heterocycles. The Balaban J connectivity index is 1.87. The number of benzene rings is 1. The second-order valence-electron chi connectivity index (χ2n) is 6.96. The van der Waals surface area contributed by atoms with E-state index in [1.165, 1.54) is 6.07 Å². The lowest BCUT2D eigenvalue weighted by Gasteiger charge is -2.32. The Morgan fingerprint density at radius 3 is 2.46 bits per heavy atom. The molecule has 24 heavy (non-hydrogen) atoms. The van der Waals surface area contributed by atoms with Crippen molar-refractivity contribution in [2.45, 2.75) is 45.3 Å². The van der Waals surface area contributed by atoms with E-state index in [2.05, 4.69) is 0 Å². The highest BCUT2D eigenvalue weighted by atomic mass is 32.2. The normalized spacial score (nSPS) is 16.6. The van der Waals surface area contributed by atoms with Crippen molar-refractivity contribution in [2.75, 3.05) is 18.8 Å². The summed E-state index contributed by atoms with van der Waals surface area (Å²) in [5, 5.41) is -0.353. The topological polar surface area (TPSA) is 54.5 Å². The van der Waals surface area contributed by atoms with Crippen LogP contribution in [0.4, 0.5) is 4.39 Å². The monoisotopic (exact) mass is 355 g/mol. The van der Waals surface area contributed by atoms with Gasteiger partial charge in [-0.3, -0.25) is 4.79 Å². The fourth-order valence-corrected chi connectivity index (χ4v) is 4.28. The van der Waals surface area contributed by atoms with Gasteiger partial charge in [-0.1, -0.05) is 12.1 Å². The molecule has 1 fully saturated rings. The van der Waals surface area contributed by atoms with Gasteiger partial charge in [-0.2, -0.15) is 0 Å². The summed E-state index contributed by atoms with van der Waals surface area (Å²) in [6.45, 7) is 6.25. The Bertz CT molecular complexity index is 692. The maximum Gasteiger partial charge on any atom is 0.226 e. The third-order valence-corrected chi connectivity index (χ3v) is 7.12. The molecular formula is C18H26FNO3S. The van der Waals surface area contributed by atoms with Crippen molar-refractivity contribution < 1.29 is 17.6 Å². The highest BCUT2D eigenvalue weighted by Gasteiger charge is 2.28. The Hall–Kier alpha value is -1.43. The molecule has 1 heterocycles. The number of halogens is 1. The fourth-order valence-electron chi connectivity index (χ4n) is 2.90. The van der Waals surface area contributed by atoms with Crippen molar-refractivity contribution in [1.29, 1.82) is 0 Å². The third-order valence-electron chi connectivity index (χ3n) is 4.75. The van der Waals surface area contributed by atoms with E-state index in [4.69, 9.17) is 0 Å². The molecule has 0 bridgehead atoms. The second-order valence-corrected chi connectivity index (χ2v) is 9.56. The molecule has 0 unspecified atom stereocenters. The van der Waals surface area contributed by atoms with Crippen LogP contribution in [0.3, 0.4) is 0 Å². The molecule has 0 N–H and O–H groups in total. The van der Waals surface area contributed by atoms with Gasteiger partial charge >= 0.3 is 0 Å². The van der Waals surface area contributed by atoms with Gasteiger partial charge < -0.3 is 4.90 Å². The van der Waals surface area contributed by atoms with Crippen molar-refractivity contribution in [3.63, 3.8) is 0 Å². The fraction of sp³-hybridized carbons (Fsp3) is 0.611. The average molecular weight is 355 g/mol. The van der Waals surface area contributed by atoms with E-state index in [1.54, 1.807) is 37.8 Å². The molecule has 0 aromatic heterocycles. The van der Waals surface area contributed by atoms with Crippen LogP contribution in [-0.2, 0) is 21.1 Å². The number of amides is 1. The summed E-state index contributed by atoms with van der Waals surface area (Å²) in [6.07, 6.45) is 1.60. The Morgan fingerprint density at radius 1 is 1.29 bits per heavy atom. The Morgan fingerprint density at radius 2 is 1.92 bits per heavy atom. The van der Waals surface area contributed by atoms with E-state index in [0.717, 1.165) is 0 Å². The molecule has 0 atom stereocenters. The quantitative estimate of drug-likeness (QED) is 0.816. The number of carbonyl (C=O) groups is 1. The molecule has 1 amide bonds. The molecule has 1 aromatic rings. The molecular weight excluding hydrogens is 329 g/mol. The van der Waals surface area contributed by atoms with E-state index in [0.29, 0.717) is 37.1 Å². The summed E-state index contributed by atoms with van der Waals surface area (Å²) >= 11 is 0. The summed E-state index contributed by atoms with van der Waals surface area (Å²) in [5.41, 5.74) is 1.24. The number of hydrogen-bond acceptors (Lipinski definition) is 3. The van der Waals surface area contributed by atoms with Crippen molar-refractivity contribution >= 4 is 15.7 Å². The zero-order valence-corrected chi connectivity index (χ0v) is 15.4. The highest BCUT2D eigenvalue weighted by molar-refractivity contribution is 7.91. The first-order valence-electron chi connectivity index (χ1n) is 8.43. The molecule has 0 aliphatic carbocycles. The largest absolute Gasteiger partial charge is 0.342 e. The molecule has 0 radical (unpaired) electrons. The zero-order chi connectivity index (χ0) is 17.9. The highest BCUT2D eigenvalue weighted by Crippen LogP contribution is 2.21. The number of piperidine rings is 1. The van der Waals surface area contributed by atoms with Gasteiger partial charge in [0.2, 0.25) is 5.91 Å². The van der Waals surface area contributed by atoms with Crippen LogP contribution in [0.1, 0.15) is 37.8 Å². The van der Waals surface area contributed by atoms with Gasteiger partial charge in [0.25, 0.3) is 0 Å². The number of hydrogen-bond donors (Lipinski definition) is 0. The first kappa shape index (κ1) is 18.9. The lowest BCUT2D eigenvalue weighted by Crippen LogP contribution is -2.41. The minimum atomic E-state index is -3.04. The number of nitrogens with zero attached hydrogens (tertiary/aromatic N) is 1. The maximum atomic E-state index is 13.6. The van der Waals surface area contributed by atoms with Crippen molar-refractivity contribution in [3.05, 3.63) is 35.1 Å². The number of rotatable bonds is 5. The lowest BCUT2D eigenvalue weighted by molar-refractivity contribution is -0.131. The third kappa shape index (κ3) is 4.79. The van der Waals surface area contributed by atoms with Crippen LogP contribution in [0.5, 0.6) is 0 Å². The number of sulfone groups is 1. The van der Waals surface area contributed by atoms with Crippen LogP contribution >= 0.6 is 0 Å². The first-order chi connectivity index (χ1) is 11.2. The molecule has 1 aliphatic rings. The van der Waals surface area contributed by atoms with Gasteiger partial charge in [-0.05, 0) is 56.7 Å². The van der Waals surface area contributed by atoms with E-state index in [1.807, 2.05) is 0 Å². The van der Waals surface area contributed by atoms with Gasteiger partial charge in [-0.25, -0.2) is 12.8 Å². The molecule has 6 heteroatoms. The summed E-state index contributed by atoms with van der Waals surface area (Å²) in [5.74, 6) is 0.00941. The molecule has 1 aliphatic heterocycles. The standard InChI is InChI=1S/C18H26FNO3S/c1-13(2)24(22,23)12-15-6-8-20(9-7-15)18(21)11-16-5-4-14(3)17(19)10-16/h4-5,10,13,15H,6-9,11-12H2,1-3H3. The van der Waals surface area contributed by atoms with Crippen molar-refractivity contribution in [1.82, 2.24) is 4.90 Å². The predicted molar refractivity (Wildman–Crippen MR) is 93.1 cm³/mol. The summed E-state index contributed by atoms with van der Waals surface area (Å²) in [4.78, 5) is 14.1. The SMILES string of the molecule is Cc1ccc(CC(=O)N2CCC(CS(=O)(=O)C(C)C)CC2)cc1F. The zero-order valence-electron chi connectivity index (χ0n) is 14.6. The van der Waals surface area contributed by atoms with E-state index < -0.39 is 9.84 Å². The predicted octanol–water partition coefficient (Wildman–Crippen LogP) is 2.74. The molecule has 0 spiro atoms. The van der Waals surface area contributed by atoms with Crippen molar-refractivity contribution in [3.8, 4) is 0 Å². The average Bonchev–Trinajstić information content (AvgIpc) is 2.51. The first-order valence-corrected chi connectivity index (χ1v) is 10.1. The molecule has 0 saturated carbocycles. The second kappa shape index (κ2) is 7.64. The van der Waals surface area contributed by atoms with Crippen LogP contribution < -0.4 is 0 Å². The van der Waals surface area contributed by atoms with Gasteiger partial charge in [0.05, 0.1) is 17.4 Å². The smallest absolute Gasteiger partial charge is 0.226 e. The van der Waals surface area contributed by atoms with Gasteiger partial charge in [0.1, 0.15) is 5.82 Å². The van der Waals surface area contributed by atoms with E-state index >= 15 is 0 Å². The van der Waals surface area contributed by atoms with Crippen molar-refractivity contribution in [2.24, 2.45) is 5.92 Å². The molecule has 2 rings (SSSR count). The lowest BCUT2D eigenvalue weighted by atomic mass is 9.98. The Kier molecular flexibility index (Phi) is 6.01. The van der Waals surface area contributed by atoms with Crippen LogP contribution in [0, 0.1) is 18.7 Å². The van der Waals surface area contributed by atoms with Gasteiger partial charge in [-0.15, -0.1) is 0 Å². The van der Waals surface area contributed by atoms with Crippen LogP contribution in [-0.4, -0.2) is 43.3 Å². The summed E-state index contributed by atoms with van der Waals surface area (Å²) in [7, 11) is -3.04. The van der Waals surface area contributed by atoms with Gasteiger partial charge in [0, 0.05) is 13.1 Å². The van der Waals surface area contributed by atoms with E-state index in [-0.39, 0.29) is 35.1 Å². The maximum absolute atomic E-state index is 13.6. The number of likely N-dealkylation sites (tertiary alicyclic amines) is 1. The molecule has 4 nitrogen and oxygen atoms in total. The van der Waals surface area contributed by atoms with Crippen LogP contribution in [0.15, 0.2) is 18.2 Å². The molecule has 1 aromatic carbocycles. The number of carbonyl (C=O) groups excluding carboxylic acids is 1. The number of aryl methyl sites for hydroxylation is 1.